The van der Waals surface area contributed by atoms with Gasteiger partial charge >= 0.3 is 0 Å². The van der Waals surface area contributed by atoms with Crippen LogP contribution in [-0.2, 0) is 0 Å². The molecule has 0 aromatic heterocycles. The van der Waals surface area contributed by atoms with Crippen molar-refractivity contribution in [1.82, 2.24) is 15.1 Å². The van der Waals surface area contributed by atoms with Crippen molar-refractivity contribution in [2.45, 2.75) is 70.9 Å². The fraction of sp³-hybridized carbons (Fsp3) is 1.00. The summed E-state index contributed by atoms with van der Waals surface area (Å²) in [6.07, 6.45) is 9.66. The Morgan fingerprint density at radius 1 is 1.05 bits per heavy atom. The highest BCUT2D eigenvalue weighted by Gasteiger charge is 2.26. The standard InChI is InChI=1S/C17H35N3/c1-3-10-18-16(2)17-9-4-5-14-20(17)15-8-13-19-11-6-7-12-19/h16-18H,3-15H2,1-2H3. The Morgan fingerprint density at radius 2 is 1.80 bits per heavy atom. The molecule has 0 aromatic carbocycles. The van der Waals surface area contributed by atoms with Crippen molar-refractivity contribution in [2.75, 3.05) is 39.3 Å². The van der Waals surface area contributed by atoms with Crippen LogP contribution in [0.15, 0.2) is 0 Å². The summed E-state index contributed by atoms with van der Waals surface area (Å²) in [7, 11) is 0. The van der Waals surface area contributed by atoms with Gasteiger partial charge in [-0.05, 0) is 84.7 Å². The maximum absolute atomic E-state index is 3.71. The van der Waals surface area contributed by atoms with Crippen molar-refractivity contribution in [2.24, 2.45) is 0 Å². The van der Waals surface area contributed by atoms with Crippen LogP contribution in [0.25, 0.3) is 0 Å². The highest BCUT2D eigenvalue weighted by Crippen LogP contribution is 2.20. The Kier molecular flexibility index (Phi) is 7.32. The molecule has 0 radical (unpaired) electrons. The number of rotatable bonds is 8. The summed E-state index contributed by atoms with van der Waals surface area (Å²) >= 11 is 0. The van der Waals surface area contributed by atoms with Gasteiger partial charge in [0.1, 0.15) is 0 Å². The molecular formula is C17H35N3. The molecule has 1 N–H and O–H groups in total. The largest absolute Gasteiger partial charge is 0.313 e. The van der Waals surface area contributed by atoms with E-state index in [1.54, 1.807) is 0 Å². The molecule has 2 unspecified atom stereocenters. The topological polar surface area (TPSA) is 18.5 Å². The number of likely N-dealkylation sites (tertiary alicyclic amines) is 2. The molecule has 0 amide bonds. The smallest absolute Gasteiger partial charge is 0.0246 e. The minimum absolute atomic E-state index is 0.655. The first-order chi connectivity index (χ1) is 9.81. The third-order valence-corrected chi connectivity index (χ3v) is 5.08. The first kappa shape index (κ1) is 16.3. The van der Waals surface area contributed by atoms with Gasteiger partial charge in [-0.2, -0.15) is 0 Å². The monoisotopic (exact) mass is 281 g/mol. The van der Waals surface area contributed by atoms with Gasteiger partial charge in [-0.15, -0.1) is 0 Å². The van der Waals surface area contributed by atoms with Crippen LogP contribution in [0.2, 0.25) is 0 Å². The van der Waals surface area contributed by atoms with Gasteiger partial charge in [0, 0.05) is 12.1 Å². The molecule has 2 rings (SSSR count). The lowest BCUT2D eigenvalue weighted by atomic mass is 9.96. The number of hydrogen-bond acceptors (Lipinski definition) is 3. The number of piperidine rings is 1. The van der Waals surface area contributed by atoms with Crippen LogP contribution < -0.4 is 5.32 Å². The number of nitrogens with one attached hydrogen (secondary N) is 1. The minimum Gasteiger partial charge on any atom is -0.313 e. The van der Waals surface area contributed by atoms with Gasteiger partial charge in [0.05, 0.1) is 0 Å². The fourth-order valence-electron chi connectivity index (χ4n) is 3.87. The molecule has 2 aliphatic heterocycles. The third kappa shape index (κ3) is 5.01. The van der Waals surface area contributed by atoms with E-state index in [9.17, 15) is 0 Å². The number of hydrogen-bond donors (Lipinski definition) is 1. The highest BCUT2D eigenvalue weighted by atomic mass is 15.2. The van der Waals surface area contributed by atoms with Crippen LogP contribution in [0.1, 0.15) is 58.8 Å². The summed E-state index contributed by atoms with van der Waals surface area (Å²) in [6.45, 7) is 12.4. The predicted molar refractivity (Wildman–Crippen MR) is 87.3 cm³/mol. The van der Waals surface area contributed by atoms with Gasteiger partial charge in [-0.3, -0.25) is 4.90 Å². The van der Waals surface area contributed by atoms with E-state index in [4.69, 9.17) is 0 Å². The first-order valence-electron chi connectivity index (χ1n) is 9.01. The quantitative estimate of drug-likeness (QED) is 0.738. The second kappa shape index (κ2) is 9.01. The lowest BCUT2D eigenvalue weighted by Gasteiger charge is -2.40. The van der Waals surface area contributed by atoms with Gasteiger partial charge in [-0.1, -0.05) is 13.3 Å². The Hall–Kier alpha value is -0.120. The predicted octanol–water partition coefficient (Wildman–Crippen LogP) is 2.71. The molecule has 0 bridgehead atoms. The average molecular weight is 281 g/mol. The average Bonchev–Trinajstić information content (AvgIpc) is 2.98. The SMILES string of the molecule is CCCNC(C)C1CCCCN1CCCN1CCCC1. The fourth-order valence-corrected chi connectivity index (χ4v) is 3.87. The van der Waals surface area contributed by atoms with Crippen LogP contribution >= 0.6 is 0 Å². The van der Waals surface area contributed by atoms with Crippen LogP contribution in [0.3, 0.4) is 0 Å². The maximum Gasteiger partial charge on any atom is 0.0246 e. The van der Waals surface area contributed by atoms with E-state index in [1.165, 1.54) is 84.2 Å². The second-order valence-corrected chi connectivity index (χ2v) is 6.74. The summed E-state index contributed by atoms with van der Waals surface area (Å²) in [4.78, 5) is 5.42. The normalized spacial score (nSPS) is 27.0. The summed E-state index contributed by atoms with van der Waals surface area (Å²) in [6, 6.07) is 1.43. The molecule has 0 spiro atoms. The van der Waals surface area contributed by atoms with Crippen LogP contribution in [-0.4, -0.2) is 61.2 Å². The van der Waals surface area contributed by atoms with E-state index < -0.39 is 0 Å². The molecule has 0 saturated carbocycles. The highest BCUT2D eigenvalue weighted by molar-refractivity contribution is 4.85. The Balaban J connectivity index is 1.71. The van der Waals surface area contributed by atoms with Crippen molar-refractivity contribution in [3.63, 3.8) is 0 Å². The van der Waals surface area contributed by atoms with Crippen molar-refractivity contribution < 1.29 is 0 Å². The minimum atomic E-state index is 0.655. The van der Waals surface area contributed by atoms with Gasteiger partial charge in [0.15, 0.2) is 0 Å². The first-order valence-corrected chi connectivity index (χ1v) is 9.01. The maximum atomic E-state index is 3.71. The van der Waals surface area contributed by atoms with Crippen molar-refractivity contribution >= 4 is 0 Å². The molecule has 2 atom stereocenters. The molecular weight excluding hydrogens is 246 g/mol. The molecule has 0 aromatic rings. The Bertz CT molecular complexity index is 251. The van der Waals surface area contributed by atoms with E-state index in [1.807, 2.05) is 0 Å². The van der Waals surface area contributed by atoms with Crippen molar-refractivity contribution in [1.29, 1.82) is 0 Å². The zero-order chi connectivity index (χ0) is 14.2. The van der Waals surface area contributed by atoms with E-state index in [0.717, 1.165) is 6.04 Å². The van der Waals surface area contributed by atoms with E-state index in [-0.39, 0.29) is 0 Å². The van der Waals surface area contributed by atoms with E-state index >= 15 is 0 Å². The van der Waals surface area contributed by atoms with Crippen LogP contribution in [0.4, 0.5) is 0 Å². The van der Waals surface area contributed by atoms with Gasteiger partial charge in [0.2, 0.25) is 0 Å². The van der Waals surface area contributed by atoms with E-state index in [0.29, 0.717) is 6.04 Å². The van der Waals surface area contributed by atoms with Gasteiger partial charge in [0.25, 0.3) is 0 Å². The summed E-state index contributed by atoms with van der Waals surface area (Å²) in [5.74, 6) is 0. The zero-order valence-electron chi connectivity index (χ0n) is 13.7. The van der Waals surface area contributed by atoms with Gasteiger partial charge in [-0.25, -0.2) is 0 Å². The molecule has 20 heavy (non-hydrogen) atoms. The molecule has 2 aliphatic rings. The van der Waals surface area contributed by atoms with Crippen LogP contribution in [0, 0.1) is 0 Å². The Morgan fingerprint density at radius 3 is 2.55 bits per heavy atom. The lowest BCUT2D eigenvalue weighted by Crippen LogP contribution is -2.51. The molecule has 3 nitrogen and oxygen atoms in total. The Labute approximate surface area is 126 Å². The van der Waals surface area contributed by atoms with Crippen molar-refractivity contribution in [3.8, 4) is 0 Å². The molecule has 2 heterocycles. The van der Waals surface area contributed by atoms with Crippen molar-refractivity contribution in [3.05, 3.63) is 0 Å². The van der Waals surface area contributed by atoms with Crippen LogP contribution in [0.5, 0.6) is 0 Å². The number of nitrogens with zero attached hydrogens (tertiary/aromatic N) is 2. The molecule has 3 heteroatoms. The third-order valence-electron chi connectivity index (χ3n) is 5.08. The molecule has 2 saturated heterocycles. The summed E-state index contributed by atoms with van der Waals surface area (Å²) < 4.78 is 0. The summed E-state index contributed by atoms with van der Waals surface area (Å²) in [5.41, 5.74) is 0. The summed E-state index contributed by atoms with van der Waals surface area (Å²) in [5, 5.41) is 3.71. The molecule has 0 aliphatic carbocycles. The second-order valence-electron chi connectivity index (χ2n) is 6.74. The molecule has 118 valence electrons. The van der Waals surface area contributed by atoms with E-state index in [2.05, 4.69) is 29.0 Å². The zero-order valence-corrected chi connectivity index (χ0v) is 13.7. The lowest BCUT2D eigenvalue weighted by molar-refractivity contribution is 0.114. The van der Waals surface area contributed by atoms with Gasteiger partial charge < -0.3 is 10.2 Å². The molecule has 2 fully saturated rings.